The van der Waals surface area contributed by atoms with Crippen molar-refractivity contribution in [3.05, 3.63) is 47.5 Å². The first-order chi connectivity index (χ1) is 9.79. The number of hydrogen-bond donors (Lipinski definition) is 1. The van der Waals surface area contributed by atoms with E-state index < -0.39 is 0 Å². The Kier molecular flexibility index (Phi) is 4.39. The molecule has 0 aromatic heterocycles. The molecule has 20 heavy (non-hydrogen) atoms. The highest BCUT2D eigenvalue weighted by molar-refractivity contribution is 8.00. The molecule has 1 aliphatic carbocycles. The smallest absolute Gasteiger partial charge is 0.0634 e. The normalized spacial score (nSPS) is 23.6. The van der Waals surface area contributed by atoms with Crippen LogP contribution in [0.25, 0.3) is 0 Å². The fourth-order valence-electron chi connectivity index (χ4n) is 2.78. The van der Waals surface area contributed by atoms with E-state index >= 15 is 0 Å². The molecule has 0 spiro atoms. The molecule has 106 valence electrons. The molecule has 0 radical (unpaired) electrons. The summed E-state index contributed by atoms with van der Waals surface area (Å²) >= 11 is 8.14. The summed E-state index contributed by atoms with van der Waals surface area (Å²) in [6.45, 7) is 2.09. The van der Waals surface area contributed by atoms with E-state index in [-0.39, 0.29) is 0 Å². The van der Waals surface area contributed by atoms with E-state index in [0.717, 1.165) is 24.5 Å². The molecule has 2 unspecified atom stereocenters. The Hall–Kier alpha value is -0.900. The number of hydrogen-bond acceptors (Lipinski definition) is 3. The summed E-state index contributed by atoms with van der Waals surface area (Å²) in [5.41, 5.74) is 1.28. The van der Waals surface area contributed by atoms with Crippen LogP contribution >= 0.6 is 23.4 Å². The standard InChI is InChI=1S/C16H19ClN2S/c1-18-9-4-10-19-13-5-2-3-6-15(13)20-16-8-7-12(17)11-14(16)19/h2-3,5-8,11,13,15,18H,4,9-10H2,1H3. The van der Waals surface area contributed by atoms with Crippen molar-refractivity contribution in [2.75, 3.05) is 25.0 Å². The Bertz CT molecular complexity index is 541. The number of nitrogens with zero attached hydrogens (tertiary/aromatic N) is 1. The van der Waals surface area contributed by atoms with Gasteiger partial charge in [-0.1, -0.05) is 35.9 Å². The van der Waals surface area contributed by atoms with Gasteiger partial charge in [-0.25, -0.2) is 0 Å². The summed E-state index contributed by atoms with van der Waals surface area (Å²) in [6, 6.07) is 6.68. The second-order valence-corrected chi connectivity index (χ2v) is 6.76. The number of anilines is 1. The Balaban J connectivity index is 1.92. The lowest BCUT2D eigenvalue weighted by atomic mass is 10.0. The highest BCUT2D eigenvalue weighted by Crippen LogP contribution is 2.44. The maximum atomic E-state index is 6.20. The first-order valence-corrected chi connectivity index (χ1v) is 8.28. The highest BCUT2D eigenvalue weighted by Gasteiger charge is 2.32. The predicted molar refractivity (Wildman–Crippen MR) is 89.1 cm³/mol. The molecule has 1 aromatic carbocycles. The van der Waals surface area contributed by atoms with Gasteiger partial charge in [-0.3, -0.25) is 0 Å². The molecule has 3 rings (SSSR count). The van der Waals surface area contributed by atoms with Crippen molar-refractivity contribution in [2.45, 2.75) is 22.6 Å². The molecule has 1 aliphatic heterocycles. The van der Waals surface area contributed by atoms with Crippen LogP contribution in [0.15, 0.2) is 47.4 Å². The van der Waals surface area contributed by atoms with E-state index in [9.17, 15) is 0 Å². The van der Waals surface area contributed by atoms with Gasteiger partial charge in [0.2, 0.25) is 0 Å². The summed E-state index contributed by atoms with van der Waals surface area (Å²) in [4.78, 5) is 3.83. The maximum absolute atomic E-state index is 6.20. The van der Waals surface area contributed by atoms with Crippen LogP contribution in [-0.2, 0) is 0 Å². The van der Waals surface area contributed by atoms with Crippen LogP contribution in [0.1, 0.15) is 6.42 Å². The fraction of sp³-hybridized carbons (Fsp3) is 0.375. The van der Waals surface area contributed by atoms with Crippen molar-refractivity contribution >= 4 is 29.1 Å². The minimum Gasteiger partial charge on any atom is -0.363 e. The number of nitrogens with one attached hydrogen (secondary N) is 1. The maximum Gasteiger partial charge on any atom is 0.0634 e. The van der Waals surface area contributed by atoms with E-state index in [1.54, 1.807) is 0 Å². The largest absolute Gasteiger partial charge is 0.363 e. The van der Waals surface area contributed by atoms with Crippen molar-refractivity contribution in [3.63, 3.8) is 0 Å². The fourth-order valence-corrected chi connectivity index (χ4v) is 4.23. The molecule has 0 saturated heterocycles. The first-order valence-electron chi connectivity index (χ1n) is 7.02. The number of rotatable bonds is 4. The lowest BCUT2D eigenvalue weighted by molar-refractivity contribution is 0.631. The third kappa shape index (κ3) is 2.76. The average Bonchev–Trinajstić information content (AvgIpc) is 2.47. The van der Waals surface area contributed by atoms with Crippen LogP contribution in [0.3, 0.4) is 0 Å². The topological polar surface area (TPSA) is 15.3 Å². The van der Waals surface area contributed by atoms with E-state index in [1.807, 2.05) is 24.9 Å². The van der Waals surface area contributed by atoms with Gasteiger partial charge in [-0.15, -0.1) is 11.8 Å². The third-order valence-electron chi connectivity index (χ3n) is 3.74. The minimum atomic E-state index is 0.438. The van der Waals surface area contributed by atoms with Crippen molar-refractivity contribution < 1.29 is 0 Å². The molecule has 1 N–H and O–H groups in total. The quantitative estimate of drug-likeness (QED) is 0.853. The SMILES string of the molecule is CNCCCN1c2cc(Cl)ccc2SC2C=CC=CC21. The number of fused-ring (bicyclic) bond motifs is 2. The Morgan fingerprint density at radius 3 is 3.00 bits per heavy atom. The number of allylic oxidation sites excluding steroid dienone is 2. The molecule has 0 saturated carbocycles. The number of thioether (sulfide) groups is 1. The average molecular weight is 307 g/mol. The molecule has 0 bridgehead atoms. The van der Waals surface area contributed by atoms with Crippen LogP contribution in [0.5, 0.6) is 0 Å². The van der Waals surface area contributed by atoms with E-state index in [1.165, 1.54) is 10.6 Å². The van der Waals surface area contributed by atoms with E-state index in [4.69, 9.17) is 11.6 Å². The molecule has 0 amide bonds. The third-order valence-corrected chi connectivity index (χ3v) is 5.28. The van der Waals surface area contributed by atoms with Crippen molar-refractivity contribution in [3.8, 4) is 0 Å². The molecule has 4 heteroatoms. The molecule has 1 aromatic rings. The minimum absolute atomic E-state index is 0.438. The molecule has 2 nitrogen and oxygen atoms in total. The molecule has 0 fully saturated rings. The summed E-state index contributed by atoms with van der Waals surface area (Å²) < 4.78 is 0. The summed E-state index contributed by atoms with van der Waals surface area (Å²) in [5.74, 6) is 0. The van der Waals surface area contributed by atoms with Crippen LogP contribution in [0.2, 0.25) is 5.02 Å². The van der Waals surface area contributed by atoms with Crippen molar-refractivity contribution in [1.29, 1.82) is 0 Å². The van der Waals surface area contributed by atoms with Crippen LogP contribution in [-0.4, -0.2) is 31.4 Å². The van der Waals surface area contributed by atoms with Crippen molar-refractivity contribution in [1.82, 2.24) is 5.32 Å². The zero-order valence-corrected chi connectivity index (χ0v) is 13.1. The molecular weight excluding hydrogens is 288 g/mol. The lowest BCUT2D eigenvalue weighted by Crippen LogP contribution is -2.45. The van der Waals surface area contributed by atoms with E-state index in [2.05, 4.69) is 46.7 Å². The van der Waals surface area contributed by atoms with Gasteiger partial charge in [-0.05, 0) is 38.2 Å². The molecular formula is C16H19ClN2S. The molecule has 2 aliphatic rings. The summed E-state index contributed by atoms with van der Waals surface area (Å²) in [6.07, 6.45) is 10.1. The Labute approximate surface area is 129 Å². The Morgan fingerprint density at radius 2 is 2.15 bits per heavy atom. The number of halogens is 1. The van der Waals surface area contributed by atoms with E-state index in [0.29, 0.717) is 11.3 Å². The van der Waals surface area contributed by atoms with Gasteiger partial charge in [0.25, 0.3) is 0 Å². The van der Waals surface area contributed by atoms with Gasteiger partial charge in [0, 0.05) is 16.5 Å². The monoisotopic (exact) mass is 306 g/mol. The van der Waals surface area contributed by atoms with Crippen LogP contribution in [0.4, 0.5) is 5.69 Å². The van der Waals surface area contributed by atoms with Gasteiger partial charge in [-0.2, -0.15) is 0 Å². The summed E-state index contributed by atoms with van der Waals surface area (Å²) in [5, 5.41) is 4.54. The van der Waals surface area contributed by atoms with Crippen molar-refractivity contribution in [2.24, 2.45) is 0 Å². The van der Waals surface area contributed by atoms with Gasteiger partial charge in [0.15, 0.2) is 0 Å². The second-order valence-electron chi connectivity index (χ2n) is 5.11. The molecule has 2 atom stereocenters. The van der Waals surface area contributed by atoms with Crippen LogP contribution in [0, 0.1) is 0 Å². The predicted octanol–water partition coefficient (Wildman–Crippen LogP) is 3.72. The molecule has 1 heterocycles. The first kappa shape index (κ1) is 14.1. The zero-order valence-electron chi connectivity index (χ0n) is 11.6. The second kappa shape index (κ2) is 6.25. The zero-order chi connectivity index (χ0) is 13.9. The summed E-state index contributed by atoms with van der Waals surface area (Å²) in [7, 11) is 2.00. The van der Waals surface area contributed by atoms with Gasteiger partial charge >= 0.3 is 0 Å². The Morgan fingerprint density at radius 1 is 1.30 bits per heavy atom. The lowest BCUT2D eigenvalue weighted by Gasteiger charge is -2.42. The van der Waals surface area contributed by atoms with Gasteiger partial charge < -0.3 is 10.2 Å². The van der Waals surface area contributed by atoms with Gasteiger partial charge in [0.1, 0.15) is 0 Å². The van der Waals surface area contributed by atoms with Gasteiger partial charge in [0.05, 0.1) is 17.0 Å². The van der Waals surface area contributed by atoms with Crippen LogP contribution < -0.4 is 10.2 Å². The number of benzene rings is 1. The highest BCUT2D eigenvalue weighted by atomic mass is 35.5.